The maximum atomic E-state index is 4.52. The first kappa shape index (κ1) is 11.9. The topological polar surface area (TPSA) is 46.3 Å². The molecule has 0 N–H and O–H groups in total. The summed E-state index contributed by atoms with van der Waals surface area (Å²) in [5.74, 6) is 2.53. The van der Waals surface area contributed by atoms with E-state index in [1.54, 1.807) is 0 Å². The Morgan fingerprint density at radius 3 is 3.06 bits per heavy atom. The molecule has 0 radical (unpaired) electrons. The van der Waals surface area contributed by atoms with Crippen LogP contribution in [-0.4, -0.2) is 37.5 Å². The zero-order chi connectivity index (χ0) is 12.7. The van der Waals surface area contributed by atoms with Crippen molar-refractivity contribution in [1.82, 2.24) is 19.6 Å². The van der Waals surface area contributed by atoms with Crippen LogP contribution in [0.4, 0.5) is 5.82 Å². The van der Waals surface area contributed by atoms with Crippen molar-refractivity contribution < 1.29 is 0 Å². The number of alkyl halides is 1. The van der Waals surface area contributed by atoms with Crippen LogP contribution >= 0.6 is 15.9 Å². The molecule has 2 aromatic heterocycles. The van der Waals surface area contributed by atoms with Crippen LogP contribution in [0, 0.1) is 12.8 Å². The monoisotopic (exact) mass is 309 g/mol. The van der Waals surface area contributed by atoms with Gasteiger partial charge in [-0.1, -0.05) is 22.9 Å². The number of rotatable bonds is 2. The van der Waals surface area contributed by atoms with E-state index in [0.717, 1.165) is 29.2 Å². The number of nitrogens with zero attached hydrogens (tertiary/aromatic N) is 5. The number of hydrogen-bond acceptors (Lipinski definition) is 4. The van der Waals surface area contributed by atoms with E-state index in [4.69, 9.17) is 0 Å². The number of hydrogen-bond donors (Lipinski definition) is 0. The van der Waals surface area contributed by atoms with Gasteiger partial charge in [0, 0.05) is 30.3 Å². The molecule has 3 heterocycles. The molecule has 0 spiro atoms. The molecule has 96 valence electrons. The summed E-state index contributed by atoms with van der Waals surface area (Å²) in [5.41, 5.74) is 0.857. The van der Waals surface area contributed by atoms with E-state index >= 15 is 0 Å². The molecule has 1 aliphatic rings. The van der Waals surface area contributed by atoms with Gasteiger partial charge >= 0.3 is 0 Å². The lowest BCUT2D eigenvalue weighted by Gasteiger charge is -2.26. The summed E-state index contributed by atoms with van der Waals surface area (Å²) in [5, 5.41) is 9.34. The van der Waals surface area contributed by atoms with Crippen molar-refractivity contribution in [1.29, 1.82) is 0 Å². The van der Waals surface area contributed by atoms with Crippen LogP contribution in [0.15, 0.2) is 12.4 Å². The van der Waals surface area contributed by atoms with E-state index in [9.17, 15) is 0 Å². The normalized spacial score (nSPS) is 24.1. The quantitative estimate of drug-likeness (QED) is 0.797. The molecular weight excluding hydrogens is 294 g/mol. The molecule has 5 nitrogen and oxygen atoms in total. The lowest BCUT2D eigenvalue weighted by atomic mass is 10.1. The third-order valence-electron chi connectivity index (χ3n) is 3.79. The highest BCUT2D eigenvalue weighted by Gasteiger charge is 2.32. The second-order valence-electron chi connectivity index (χ2n) is 4.87. The largest absolute Gasteiger partial charge is 0.349 e. The van der Waals surface area contributed by atoms with Gasteiger partial charge in [0.15, 0.2) is 5.82 Å². The molecule has 1 fully saturated rings. The van der Waals surface area contributed by atoms with Crippen molar-refractivity contribution in [2.45, 2.75) is 26.3 Å². The van der Waals surface area contributed by atoms with Crippen LogP contribution in [0.1, 0.15) is 19.2 Å². The summed E-state index contributed by atoms with van der Waals surface area (Å²) < 4.78 is 2.00. The molecule has 2 unspecified atom stereocenters. The summed E-state index contributed by atoms with van der Waals surface area (Å²) in [6.45, 7) is 5.29. The fraction of sp³-hybridized carbons (Fsp3) is 0.583. The molecule has 1 saturated heterocycles. The van der Waals surface area contributed by atoms with Crippen molar-refractivity contribution >= 4 is 27.4 Å². The summed E-state index contributed by atoms with van der Waals surface area (Å²) in [6, 6.07) is 0.487. The van der Waals surface area contributed by atoms with E-state index in [1.807, 2.05) is 23.7 Å². The lowest BCUT2D eigenvalue weighted by molar-refractivity contribution is 0.553. The number of aryl methyl sites for hydroxylation is 1. The molecular formula is C12H16BrN5. The Balaban J connectivity index is 2.09. The Labute approximate surface area is 114 Å². The van der Waals surface area contributed by atoms with Crippen LogP contribution in [0.3, 0.4) is 0 Å². The number of fused-ring (bicyclic) bond motifs is 1. The fourth-order valence-corrected chi connectivity index (χ4v) is 3.63. The minimum absolute atomic E-state index is 0.487. The zero-order valence-electron chi connectivity index (χ0n) is 10.5. The summed E-state index contributed by atoms with van der Waals surface area (Å²) in [6.07, 6.45) is 4.94. The standard InChI is InChI=1S/C12H16BrN5/c1-8-3-5-18(10(8)7-13)11-12-16-15-9(2)17(12)6-4-14-11/h4,6,8,10H,3,5,7H2,1-2H3. The summed E-state index contributed by atoms with van der Waals surface area (Å²) in [4.78, 5) is 6.87. The molecule has 3 rings (SSSR count). The summed E-state index contributed by atoms with van der Waals surface area (Å²) in [7, 11) is 0. The molecule has 1 aliphatic heterocycles. The number of aromatic nitrogens is 4. The van der Waals surface area contributed by atoms with Crippen LogP contribution in [-0.2, 0) is 0 Å². The Morgan fingerprint density at radius 2 is 2.28 bits per heavy atom. The van der Waals surface area contributed by atoms with E-state index < -0.39 is 0 Å². The first-order chi connectivity index (χ1) is 8.72. The van der Waals surface area contributed by atoms with Crippen LogP contribution < -0.4 is 4.90 Å². The van der Waals surface area contributed by atoms with E-state index in [-0.39, 0.29) is 0 Å². The Bertz CT molecular complexity index is 567. The van der Waals surface area contributed by atoms with Crippen molar-refractivity contribution in [3.8, 4) is 0 Å². The van der Waals surface area contributed by atoms with Crippen molar-refractivity contribution in [3.63, 3.8) is 0 Å². The number of halogens is 1. The van der Waals surface area contributed by atoms with Gasteiger partial charge in [-0.25, -0.2) is 4.98 Å². The zero-order valence-corrected chi connectivity index (χ0v) is 12.1. The number of anilines is 1. The minimum Gasteiger partial charge on any atom is -0.349 e. The maximum absolute atomic E-state index is 4.52. The van der Waals surface area contributed by atoms with Gasteiger partial charge in [-0.15, -0.1) is 10.2 Å². The lowest BCUT2D eigenvalue weighted by Crippen LogP contribution is -2.34. The first-order valence-electron chi connectivity index (χ1n) is 6.21. The maximum Gasteiger partial charge on any atom is 0.203 e. The van der Waals surface area contributed by atoms with Gasteiger partial charge < -0.3 is 4.90 Å². The second-order valence-corrected chi connectivity index (χ2v) is 5.52. The molecule has 6 heteroatoms. The highest BCUT2D eigenvalue weighted by atomic mass is 79.9. The van der Waals surface area contributed by atoms with E-state index in [1.165, 1.54) is 6.42 Å². The molecule has 2 aromatic rings. The third-order valence-corrected chi connectivity index (χ3v) is 4.45. The van der Waals surface area contributed by atoms with Crippen LogP contribution in [0.2, 0.25) is 0 Å². The fourth-order valence-electron chi connectivity index (χ4n) is 2.64. The van der Waals surface area contributed by atoms with Crippen molar-refractivity contribution in [2.75, 3.05) is 16.8 Å². The van der Waals surface area contributed by atoms with E-state index in [0.29, 0.717) is 12.0 Å². The molecule has 0 amide bonds. The highest BCUT2D eigenvalue weighted by molar-refractivity contribution is 9.09. The van der Waals surface area contributed by atoms with Gasteiger partial charge in [-0.05, 0) is 19.3 Å². The van der Waals surface area contributed by atoms with Gasteiger partial charge in [0.25, 0.3) is 0 Å². The van der Waals surface area contributed by atoms with Gasteiger partial charge in [-0.2, -0.15) is 0 Å². The predicted octanol–water partition coefficient (Wildman–Crippen LogP) is 2.04. The Kier molecular flexibility index (Phi) is 2.97. The van der Waals surface area contributed by atoms with Gasteiger partial charge in [0.05, 0.1) is 0 Å². The van der Waals surface area contributed by atoms with Gasteiger partial charge in [0.1, 0.15) is 5.82 Å². The minimum atomic E-state index is 0.487. The Morgan fingerprint density at radius 1 is 1.44 bits per heavy atom. The SMILES string of the molecule is Cc1nnc2c(N3CCC(C)C3CBr)nccn12. The molecule has 0 aliphatic carbocycles. The second kappa shape index (κ2) is 4.50. The van der Waals surface area contributed by atoms with Crippen LogP contribution in [0.5, 0.6) is 0 Å². The Hall–Kier alpha value is -1.17. The highest BCUT2D eigenvalue weighted by Crippen LogP contribution is 2.31. The smallest absolute Gasteiger partial charge is 0.203 e. The third kappa shape index (κ3) is 1.70. The molecule has 0 aromatic carbocycles. The van der Waals surface area contributed by atoms with Gasteiger partial charge in [-0.3, -0.25) is 4.40 Å². The average Bonchev–Trinajstić information content (AvgIpc) is 2.93. The predicted molar refractivity (Wildman–Crippen MR) is 74.2 cm³/mol. The molecule has 0 bridgehead atoms. The molecule has 2 atom stereocenters. The van der Waals surface area contributed by atoms with Gasteiger partial charge in [0.2, 0.25) is 5.65 Å². The average molecular weight is 310 g/mol. The molecule has 0 saturated carbocycles. The van der Waals surface area contributed by atoms with E-state index in [2.05, 4.69) is 42.9 Å². The first-order valence-corrected chi connectivity index (χ1v) is 7.33. The summed E-state index contributed by atoms with van der Waals surface area (Å²) >= 11 is 3.61. The van der Waals surface area contributed by atoms with Crippen molar-refractivity contribution in [2.24, 2.45) is 5.92 Å². The van der Waals surface area contributed by atoms with Crippen LogP contribution in [0.25, 0.3) is 5.65 Å². The van der Waals surface area contributed by atoms with Crippen molar-refractivity contribution in [3.05, 3.63) is 18.2 Å². The molecule has 18 heavy (non-hydrogen) atoms.